The van der Waals surface area contributed by atoms with Crippen molar-refractivity contribution in [3.63, 3.8) is 0 Å². The predicted molar refractivity (Wildman–Crippen MR) is 129 cm³/mol. The lowest BCUT2D eigenvalue weighted by molar-refractivity contribution is -0.250. The topological polar surface area (TPSA) is 135 Å². The minimum atomic E-state index is -0.765. The molecule has 5 atom stereocenters. The fourth-order valence-electron chi connectivity index (χ4n) is 3.57. The number of nitrogens with one attached hydrogen (secondary N) is 2. The van der Waals surface area contributed by atoms with E-state index in [0.717, 1.165) is 0 Å². The summed E-state index contributed by atoms with van der Waals surface area (Å²) in [5, 5.41) is 4.92. The lowest BCUT2D eigenvalue weighted by Gasteiger charge is -2.44. The SMILES string of the molecule is COC[C@H]1O[C@H](CCN=C(NC(=O)OC(C)(C)C)NC(=O)OC(C)(C)C)[C@H](OC)[C@@H](OC)[C@@H]1OC. The number of ether oxygens (including phenoxy) is 7. The van der Waals surface area contributed by atoms with Crippen molar-refractivity contribution in [3.8, 4) is 0 Å². The number of carbonyl (C=O) groups excluding carboxylic acids is 2. The highest BCUT2D eigenvalue weighted by molar-refractivity contribution is 6.01. The summed E-state index contributed by atoms with van der Waals surface area (Å²) in [6.45, 7) is 10.9. The molecule has 12 heteroatoms. The summed E-state index contributed by atoms with van der Waals surface area (Å²) in [5.74, 6) is -0.107. The summed E-state index contributed by atoms with van der Waals surface area (Å²) >= 11 is 0. The molecule has 0 saturated carbocycles. The van der Waals surface area contributed by atoms with E-state index >= 15 is 0 Å². The standard InChI is InChI=1S/C23H43N3O9/c1-22(2,3)34-20(27)25-19(26-21(28)35-23(4,5)6)24-12-11-14-16(30-8)18(32-10)17(31-9)15(33-14)13-29-7/h14-18H,11-13H2,1-10H3,(H2,24,25,26,27,28)/t14-,15-,16+,17-,18-/m1/s1. The van der Waals surface area contributed by atoms with Crippen molar-refractivity contribution < 1.29 is 42.7 Å². The van der Waals surface area contributed by atoms with Crippen LogP contribution in [-0.4, -0.2) is 101 Å². The van der Waals surface area contributed by atoms with Crippen LogP contribution in [0.2, 0.25) is 0 Å². The van der Waals surface area contributed by atoms with Crippen molar-refractivity contribution in [2.75, 3.05) is 41.6 Å². The molecule has 0 aromatic heterocycles. The molecule has 1 heterocycles. The Balaban J connectivity index is 3.00. The normalized spacial score (nSPS) is 24.9. The Morgan fingerprint density at radius 3 is 1.63 bits per heavy atom. The fourth-order valence-corrected chi connectivity index (χ4v) is 3.57. The number of guanidine groups is 1. The smallest absolute Gasteiger partial charge is 0.414 e. The average molecular weight is 506 g/mol. The first-order valence-corrected chi connectivity index (χ1v) is 11.5. The van der Waals surface area contributed by atoms with E-state index in [1.54, 1.807) is 70.0 Å². The summed E-state index contributed by atoms with van der Waals surface area (Å²) in [6, 6.07) is 0. The van der Waals surface area contributed by atoms with Crippen molar-refractivity contribution in [2.45, 2.75) is 89.7 Å². The van der Waals surface area contributed by atoms with E-state index in [0.29, 0.717) is 13.0 Å². The Kier molecular flexibility index (Phi) is 12.4. The number of carbonyl (C=O) groups is 2. The second-order valence-electron chi connectivity index (χ2n) is 10.0. The Hall–Kier alpha value is -1.99. The van der Waals surface area contributed by atoms with Gasteiger partial charge in [0.05, 0.1) is 12.7 Å². The summed E-state index contributed by atoms with van der Waals surface area (Å²) < 4.78 is 38.9. The number of nitrogens with zero attached hydrogens (tertiary/aromatic N) is 1. The maximum Gasteiger partial charge on any atom is 0.414 e. The first-order valence-electron chi connectivity index (χ1n) is 11.5. The van der Waals surface area contributed by atoms with Gasteiger partial charge in [0.2, 0.25) is 5.96 Å². The Morgan fingerprint density at radius 1 is 0.771 bits per heavy atom. The van der Waals surface area contributed by atoms with Crippen LogP contribution in [-0.2, 0) is 33.2 Å². The first-order chi connectivity index (χ1) is 16.2. The van der Waals surface area contributed by atoms with Gasteiger partial charge in [-0.25, -0.2) is 9.59 Å². The Bertz CT molecular complexity index is 671. The molecule has 0 radical (unpaired) electrons. The van der Waals surface area contributed by atoms with E-state index in [1.807, 2.05) is 0 Å². The molecule has 0 unspecified atom stereocenters. The van der Waals surface area contributed by atoms with Crippen LogP contribution < -0.4 is 10.6 Å². The highest BCUT2D eigenvalue weighted by Crippen LogP contribution is 2.29. The van der Waals surface area contributed by atoms with E-state index in [-0.39, 0.29) is 24.7 Å². The number of rotatable bonds is 8. The molecule has 0 aromatic carbocycles. The highest BCUT2D eigenvalue weighted by Gasteiger charge is 2.46. The molecule has 1 aliphatic heterocycles. The summed E-state index contributed by atoms with van der Waals surface area (Å²) in [5.41, 5.74) is -1.46. The molecule has 1 aliphatic rings. The summed E-state index contributed by atoms with van der Waals surface area (Å²) in [7, 11) is 6.31. The van der Waals surface area contributed by atoms with Crippen LogP contribution in [0.25, 0.3) is 0 Å². The largest absolute Gasteiger partial charge is 0.444 e. The zero-order valence-corrected chi connectivity index (χ0v) is 22.6. The number of hydrogen-bond donors (Lipinski definition) is 2. The van der Waals surface area contributed by atoms with Gasteiger partial charge in [0.1, 0.15) is 35.6 Å². The van der Waals surface area contributed by atoms with E-state index in [9.17, 15) is 9.59 Å². The van der Waals surface area contributed by atoms with Crippen molar-refractivity contribution in [3.05, 3.63) is 0 Å². The maximum absolute atomic E-state index is 12.3. The van der Waals surface area contributed by atoms with Gasteiger partial charge in [-0.1, -0.05) is 0 Å². The van der Waals surface area contributed by atoms with E-state index in [1.165, 1.54) is 0 Å². The molecule has 12 nitrogen and oxygen atoms in total. The number of aliphatic imine (C=N–C) groups is 1. The molecule has 2 N–H and O–H groups in total. The molecule has 1 fully saturated rings. The van der Waals surface area contributed by atoms with Gasteiger partial charge in [-0.15, -0.1) is 0 Å². The van der Waals surface area contributed by atoms with Gasteiger partial charge in [-0.2, -0.15) is 0 Å². The second kappa shape index (κ2) is 13.9. The van der Waals surface area contributed by atoms with Gasteiger partial charge in [-0.05, 0) is 48.0 Å². The number of alkyl carbamates (subject to hydrolysis) is 2. The van der Waals surface area contributed by atoms with Crippen LogP contribution in [0.4, 0.5) is 9.59 Å². The Labute approximate surface area is 208 Å². The number of hydrogen-bond acceptors (Lipinski definition) is 10. The molecular formula is C23H43N3O9. The Morgan fingerprint density at radius 2 is 1.23 bits per heavy atom. The van der Waals surface area contributed by atoms with E-state index < -0.39 is 41.7 Å². The second-order valence-corrected chi connectivity index (χ2v) is 10.0. The van der Waals surface area contributed by atoms with Gasteiger partial charge in [0.25, 0.3) is 0 Å². The van der Waals surface area contributed by atoms with Gasteiger partial charge >= 0.3 is 12.2 Å². The molecule has 204 valence electrons. The quantitative estimate of drug-likeness (QED) is 0.376. The van der Waals surface area contributed by atoms with Crippen molar-refractivity contribution in [2.24, 2.45) is 4.99 Å². The maximum atomic E-state index is 12.3. The third kappa shape index (κ3) is 11.1. The van der Waals surface area contributed by atoms with Crippen molar-refractivity contribution in [1.82, 2.24) is 10.6 Å². The van der Waals surface area contributed by atoms with Crippen molar-refractivity contribution in [1.29, 1.82) is 0 Å². The van der Waals surface area contributed by atoms with Crippen LogP contribution in [0.3, 0.4) is 0 Å². The molecule has 0 bridgehead atoms. The average Bonchev–Trinajstić information content (AvgIpc) is 2.70. The molecule has 0 aromatic rings. The minimum absolute atomic E-state index is 0.107. The predicted octanol–water partition coefficient (Wildman–Crippen LogP) is 2.24. The van der Waals surface area contributed by atoms with Crippen LogP contribution in [0.5, 0.6) is 0 Å². The third-order valence-corrected chi connectivity index (χ3v) is 4.80. The third-order valence-electron chi connectivity index (χ3n) is 4.80. The zero-order chi connectivity index (χ0) is 26.8. The van der Waals surface area contributed by atoms with Gasteiger partial charge in [-0.3, -0.25) is 15.6 Å². The molecule has 0 aliphatic carbocycles. The zero-order valence-electron chi connectivity index (χ0n) is 22.6. The number of methoxy groups -OCH3 is 4. The fraction of sp³-hybridized carbons (Fsp3) is 0.870. The lowest BCUT2D eigenvalue weighted by atomic mass is 9.93. The van der Waals surface area contributed by atoms with E-state index in [2.05, 4.69) is 15.6 Å². The first kappa shape index (κ1) is 31.0. The summed E-state index contributed by atoms with van der Waals surface area (Å²) in [4.78, 5) is 28.9. The number of amides is 2. The highest BCUT2D eigenvalue weighted by atomic mass is 16.6. The van der Waals surface area contributed by atoms with Crippen LogP contribution in [0.15, 0.2) is 4.99 Å². The van der Waals surface area contributed by atoms with Crippen molar-refractivity contribution >= 4 is 18.1 Å². The van der Waals surface area contributed by atoms with Gasteiger partial charge in [0.15, 0.2) is 0 Å². The van der Waals surface area contributed by atoms with Gasteiger partial charge < -0.3 is 33.2 Å². The molecule has 1 saturated heterocycles. The minimum Gasteiger partial charge on any atom is -0.444 e. The van der Waals surface area contributed by atoms with Crippen LogP contribution in [0, 0.1) is 0 Å². The lowest BCUT2D eigenvalue weighted by Crippen LogP contribution is -2.60. The van der Waals surface area contributed by atoms with Gasteiger partial charge in [0, 0.05) is 35.0 Å². The monoisotopic (exact) mass is 505 g/mol. The molecule has 35 heavy (non-hydrogen) atoms. The van der Waals surface area contributed by atoms with E-state index in [4.69, 9.17) is 33.2 Å². The summed E-state index contributed by atoms with van der Waals surface area (Å²) in [6.07, 6.45) is -3.15. The van der Waals surface area contributed by atoms with Crippen LogP contribution >= 0.6 is 0 Å². The molecule has 2 amide bonds. The van der Waals surface area contributed by atoms with Crippen LogP contribution in [0.1, 0.15) is 48.0 Å². The molecule has 0 spiro atoms. The molecule has 1 rings (SSSR count). The molecular weight excluding hydrogens is 462 g/mol.